The summed E-state index contributed by atoms with van der Waals surface area (Å²) >= 11 is 0. The molecule has 1 saturated heterocycles. The van der Waals surface area contributed by atoms with Crippen LogP contribution in [-0.4, -0.2) is 43.2 Å². The van der Waals surface area contributed by atoms with Crippen LogP contribution in [0.1, 0.15) is 46.2 Å². The highest BCUT2D eigenvalue weighted by atomic mass is 16.2. The monoisotopic (exact) mass is 373 g/mol. The van der Waals surface area contributed by atoms with E-state index in [2.05, 4.69) is 29.0 Å². The molecule has 6 heteroatoms. The van der Waals surface area contributed by atoms with Crippen molar-refractivity contribution in [2.75, 3.05) is 13.1 Å². The van der Waals surface area contributed by atoms with Gasteiger partial charge in [0.25, 0.3) is 5.91 Å². The number of para-hydroxylation sites is 1. The summed E-state index contributed by atoms with van der Waals surface area (Å²) in [5, 5.41) is 0. The molecule has 0 aliphatic carbocycles. The number of hydrogen-bond acceptors (Lipinski definition) is 3. The molecule has 1 N–H and O–H groups in total. The summed E-state index contributed by atoms with van der Waals surface area (Å²) in [6.45, 7) is 5.55. The lowest BCUT2D eigenvalue weighted by Gasteiger charge is -2.31. The Kier molecular flexibility index (Phi) is 3.93. The molecule has 5 rings (SSSR count). The zero-order chi connectivity index (χ0) is 19.3. The Morgan fingerprint density at radius 1 is 1.14 bits per heavy atom. The van der Waals surface area contributed by atoms with Gasteiger partial charge in [0.1, 0.15) is 17.2 Å². The van der Waals surface area contributed by atoms with Gasteiger partial charge < -0.3 is 14.3 Å². The van der Waals surface area contributed by atoms with Crippen molar-refractivity contribution in [1.29, 1.82) is 0 Å². The van der Waals surface area contributed by atoms with E-state index >= 15 is 0 Å². The number of carbonyl (C=O) groups is 1. The summed E-state index contributed by atoms with van der Waals surface area (Å²) in [7, 11) is 0. The largest absolute Gasteiger partial charge is 0.342 e. The van der Waals surface area contributed by atoms with E-state index in [4.69, 9.17) is 4.98 Å². The Labute approximate surface area is 163 Å². The van der Waals surface area contributed by atoms with E-state index in [9.17, 15) is 4.79 Å². The van der Waals surface area contributed by atoms with Crippen molar-refractivity contribution >= 4 is 22.6 Å². The molecule has 3 aromatic heterocycles. The number of rotatable bonds is 2. The smallest absolute Gasteiger partial charge is 0.274 e. The number of aryl methyl sites for hydroxylation is 2. The maximum absolute atomic E-state index is 13.1. The van der Waals surface area contributed by atoms with Crippen molar-refractivity contribution in [2.24, 2.45) is 0 Å². The number of aromatic nitrogens is 4. The molecule has 1 aromatic carbocycles. The number of likely N-dealkylation sites (tertiary alicyclic amines) is 1. The zero-order valence-electron chi connectivity index (χ0n) is 16.1. The quantitative estimate of drug-likeness (QED) is 0.580. The minimum absolute atomic E-state index is 0.00153. The molecule has 0 spiro atoms. The molecule has 1 aliphatic heterocycles. The minimum Gasteiger partial charge on any atom is -0.342 e. The molecule has 0 radical (unpaired) electrons. The van der Waals surface area contributed by atoms with Crippen LogP contribution in [0.15, 0.2) is 42.7 Å². The summed E-state index contributed by atoms with van der Waals surface area (Å²) < 4.78 is 1.92. The first-order chi connectivity index (χ1) is 13.6. The summed E-state index contributed by atoms with van der Waals surface area (Å²) in [6.07, 6.45) is 5.83. The number of nitrogens with one attached hydrogen (secondary N) is 1. The first-order valence-corrected chi connectivity index (χ1v) is 9.78. The first kappa shape index (κ1) is 17.0. The number of imidazole rings is 2. The van der Waals surface area contributed by atoms with E-state index < -0.39 is 0 Å². The van der Waals surface area contributed by atoms with Crippen LogP contribution < -0.4 is 0 Å². The molecule has 1 aliphatic rings. The van der Waals surface area contributed by atoms with Crippen LogP contribution in [0.5, 0.6) is 0 Å². The number of benzene rings is 1. The summed E-state index contributed by atoms with van der Waals surface area (Å²) in [5.74, 6) is 1.20. The van der Waals surface area contributed by atoms with Crippen LogP contribution >= 0.6 is 0 Å². The summed E-state index contributed by atoms with van der Waals surface area (Å²) in [6, 6.07) is 10.1. The van der Waals surface area contributed by atoms with Crippen molar-refractivity contribution in [3.05, 3.63) is 65.4 Å². The lowest BCUT2D eigenvalue weighted by Crippen LogP contribution is -2.39. The van der Waals surface area contributed by atoms with E-state index in [0.717, 1.165) is 47.5 Å². The van der Waals surface area contributed by atoms with E-state index in [0.29, 0.717) is 12.2 Å². The molecule has 4 heterocycles. The molecule has 0 saturated carbocycles. The molecule has 1 fully saturated rings. The van der Waals surface area contributed by atoms with Gasteiger partial charge in [0.2, 0.25) is 0 Å². The number of pyridine rings is 1. The molecule has 0 bridgehead atoms. The number of aromatic amines is 1. The second-order valence-corrected chi connectivity index (χ2v) is 7.78. The highest BCUT2D eigenvalue weighted by Gasteiger charge is 2.28. The van der Waals surface area contributed by atoms with Crippen molar-refractivity contribution in [3.8, 4) is 0 Å². The van der Waals surface area contributed by atoms with E-state index in [1.165, 1.54) is 5.56 Å². The van der Waals surface area contributed by atoms with Gasteiger partial charge in [0.05, 0.1) is 11.0 Å². The Balaban J connectivity index is 1.40. The number of carbonyl (C=O) groups excluding carboxylic acids is 1. The van der Waals surface area contributed by atoms with Gasteiger partial charge in [-0.05, 0) is 49.9 Å². The maximum Gasteiger partial charge on any atom is 0.274 e. The second-order valence-electron chi connectivity index (χ2n) is 7.78. The van der Waals surface area contributed by atoms with Gasteiger partial charge in [0.15, 0.2) is 0 Å². The fraction of sp³-hybridized carbons (Fsp3) is 0.318. The molecule has 142 valence electrons. The second kappa shape index (κ2) is 6.48. The van der Waals surface area contributed by atoms with Gasteiger partial charge in [-0.1, -0.05) is 18.2 Å². The Morgan fingerprint density at radius 3 is 2.89 bits per heavy atom. The van der Waals surface area contributed by atoms with Gasteiger partial charge >= 0.3 is 0 Å². The average Bonchev–Trinajstić information content (AvgIpc) is 3.32. The first-order valence-electron chi connectivity index (χ1n) is 9.78. The predicted molar refractivity (Wildman–Crippen MR) is 109 cm³/mol. The Bertz CT molecular complexity index is 1190. The maximum atomic E-state index is 13.1. The lowest BCUT2D eigenvalue weighted by molar-refractivity contribution is 0.0699. The number of piperidine rings is 1. The molecule has 6 nitrogen and oxygen atoms in total. The van der Waals surface area contributed by atoms with Crippen LogP contribution in [0.4, 0.5) is 0 Å². The van der Waals surface area contributed by atoms with Gasteiger partial charge in [-0.15, -0.1) is 0 Å². The fourth-order valence-corrected chi connectivity index (χ4v) is 4.14. The predicted octanol–water partition coefficient (Wildman–Crippen LogP) is 3.85. The molecule has 1 amide bonds. The SMILES string of the molecule is Cc1ccc2nc(C(=O)N3CCCC(c4nc5c(C)cccc5[nH]4)C3)cn2c1. The van der Waals surface area contributed by atoms with Gasteiger partial charge in [-0.3, -0.25) is 4.79 Å². The molecule has 4 aromatic rings. The van der Waals surface area contributed by atoms with Crippen molar-refractivity contribution in [2.45, 2.75) is 32.6 Å². The summed E-state index contributed by atoms with van der Waals surface area (Å²) in [5.41, 5.74) is 5.71. The molecular weight excluding hydrogens is 350 g/mol. The third-order valence-corrected chi connectivity index (χ3v) is 5.65. The zero-order valence-corrected chi connectivity index (χ0v) is 16.1. The van der Waals surface area contributed by atoms with Crippen molar-refractivity contribution < 1.29 is 4.79 Å². The van der Waals surface area contributed by atoms with Crippen LogP contribution in [0.3, 0.4) is 0 Å². The fourth-order valence-electron chi connectivity index (χ4n) is 4.14. The molecule has 28 heavy (non-hydrogen) atoms. The lowest BCUT2D eigenvalue weighted by atomic mass is 9.97. The average molecular weight is 373 g/mol. The van der Waals surface area contributed by atoms with Gasteiger partial charge in [0, 0.05) is 31.4 Å². The van der Waals surface area contributed by atoms with Gasteiger partial charge in [-0.25, -0.2) is 9.97 Å². The van der Waals surface area contributed by atoms with E-state index in [1.807, 2.05) is 46.8 Å². The standard InChI is InChI=1S/C22H23N5O/c1-14-8-9-19-23-18(13-27(19)11-14)22(28)26-10-4-6-16(12-26)21-24-17-7-3-5-15(2)20(17)25-21/h3,5,7-9,11,13,16H,4,6,10,12H2,1-2H3,(H,24,25). The van der Waals surface area contributed by atoms with E-state index in [-0.39, 0.29) is 11.8 Å². The van der Waals surface area contributed by atoms with Crippen LogP contribution in [0.25, 0.3) is 16.7 Å². The number of hydrogen-bond donors (Lipinski definition) is 1. The van der Waals surface area contributed by atoms with Crippen molar-refractivity contribution in [1.82, 2.24) is 24.3 Å². The Morgan fingerprint density at radius 2 is 2.04 bits per heavy atom. The molecular formula is C22H23N5O. The normalized spacial score (nSPS) is 17.5. The minimum atomic E-state index is -0.00153. The molecule has 1 atom stereocenters. The highest BCUT2D eigenvalue weighted by molar-refractivity contribution is 5.93. The number of nitrogens with zero attached hydrogens (tertiary/aromatic N) is 4. The third-order valence-electron chi connectivity index (χ3n) is 5.65. The van der Waals surface area contributed by atoms with Crippen LogP contribution in [-0.2, 0) is 0 Å². The summed E-state index contributed by atoms with van der Waals surface area (Å²) in [4.78, 5) is 27.8. The number of H-pyrrole nitrogens is 1. The van der Waals surface area contributed by atoms with E-state index in [1.54, 1.807) is 0 Å². The van der Waals surface area contributed by atoms with Crippen molar-refractivity contribution in [3.63, 3.8) is 0 Å². The Hall–Kier alpha value is -3.15. The topological polar surface area (TPSA) is 66.3 Å². The molecule has 1 unspecified atom stereocenters. The van der Waals surface area contributed by atoms with Crippen LogP contribution in [0, 0.1) is 13.8 Å². The highest BCUT2D eigenvalue weighted by Crippen LogP contribution is 2.28. The van der Waals surface area contributed by atoms with Gasteiger partial charge in [-0.2, -0.15) is 0 Å². The number of amides is 1. The number of fused-ring (bicyclic) bond motifs is 2. The third kappa shape index (κ3) is 2.85. The van der Waals surface area contributed by atoms with Crippen LogP contribution in [0.2, 0.25) is 0 Å².